The van der Waals surface area contributed by atoms with Crippen molar-refractivity contribution in [1.29, 1.82) is 0 Å². The number of aryl methyl sites for hydroxylation is 2. The lowest BCUT2D eigenvalue weighted by Gasteiger charge is -2.24. The Bertz CT molecular complexity index is 878. The minimum absolute atomic E-state index is 0.117. The molecule has 0 spiro atoms. The molecule has 8 nitrogen and oxygen atoms in total. The van der Waals surface area contributed by atoms with Gasteiger partial charge in [0.25, 0.3) is 0 Å². The van der Waals surface area contributed by atoms with E-state index >= 15 is 0 Å². The van der Waals surface area contributed by atoms with Crippen LogP contribution in [0.2, 0.25) is 0 Å². The van der Waals surface area contributed by atoms with Crippen LogP contribution < -0.4 is 10.2 Å². The lowest BCUT2D eigenvalue weighted by molar-refractivity contribution is 0.676. The van der Waals surface area contributed by atoms with Gasteiger partial charge >= 0.3 is 0 Å². The average molecular weight is 348 g/mol. The fourth-order valence-corrected chi connectivity index (χ4v) is 3.25. The van der Waals surface area contributed by atoms with E-state index in [2.05, 4.69) is 35.1 Å². The maximum atomic E-state index is 4.73. The van der Waals surface area contributed by atoms with Crippen LogP contribution in [-0.2, 0) is 0 Å². The van der Waals surface area contributed by atoms with E-state index in [9.17, 15) is 0 Å². The summed E-state index contributed by atoms with van der Waals surface area (Å²) < 4.78 is 0. The topological polar surface area (TPSA) is 92.6 Å². The van der Waals surface area contributed by atoms with Crippen molar-refractivity contribution in [2.75, 3.05) is 16.8 Å². The van der Waals surface area contributed by atoms with E-state index in [-0.39, 0.29) is 6.04 Å². The fraction of sp³-hybridized carbons (Fsp3) is 0.333. The van der Waals surface area contributed by atoms with Crippen LogP contribution in [0.3, 0.4) is 0 Å². The summed E-state index contributed by atoms with van der Waals surface area (Å²) in [6.07, 6.45) is 9.08. The van der Waals surface area contributed by atoms with E-state index in [4.69, 9.17) is 4.98 Å². The van der Waals surface area contributed by atoms with Gasteiger partial charge in [0, 0.05) is 30.3 Å². The van der Waals surface area contributed by atoms with Crippen LogP contribution in [0.4, 0.5) is 17.7 Å². The van der Waals surface area contributed by atoms with Gasteiger partial charge in [0.1, 0.15) is 0 Å². The third kappa shape index (κ3) is 3.44. The fourth-order valence-electron chi connectivity index (χ4n) is 3.25. The maximum absolute atomic E-state index is 4.73. The van der Waals surface area contributed by atoms with Crippen molar-refractivity contribution >= 4 is 17.7 Å². The molecule has 1 fully saturated rings. The Kier molecular flexibility index (Phi) is 4.39. The third-order valence-electron chi connectivity index (χ3n) is 4.28. The largest absolute Gasteiger partial charge is 0.332 e. The molecule has 1 atom stereocenters. The number of hydrogen-bond acceptors (Lipinski definition) is 8. The van der Waals surface area contributed by atoms with E-state index in [0.717, 1.165) is 42.4 Å². The van der Waals surface area contributed by atoms with Gasteiger partial charge in [-0.1, -0.05) is 0 Å². The summed E-state index contributed by atoms with van der Waals surface area (Å²) in [4.78, 5) is 28.8. The summed E-state index contributed by atoms with van der Waals surface area (Å²) in [5, 5.41) is 3.16. The first-order valence-corrected chi connectivity index (χ1v) is 8.64. The van der Waals surface area contributed by atoms with Gasteiger partial charge in [0.05, 0.1) is 24.1 Å². The molecular formula is C18H20N8. The third-order valence-corrected chi connectivity index (χ3v) is 4.28. The number of nitrogens with one attached hydrogen (secondary N) is 1. The first kappa shape index (κ1) is 16.3. The van der Waals surface area contributed by atoms with Crippen molar-refractivity contribution < 1.29 is 0 Å². The molecule has 0 saturated carbocycles. The zero-order valence-electron chi connectivity index (χ0n) is 14.8. The molecule has 0 bridgehead atoms. The molecule has 1 N–H and O–H groups in total. The molecule has 4 heterocycles. The van der Waals surface area contributed by atoms with Crippen molar-refractivity contribution in [2.24, 2.45) is 0 Å². The predicted molar refractivity (Wildman–Crippen MR) is 98.2 cm³/mol. The summed E-state index contributed by atoms with van der Waals surface area (Å²) in [6.45, 7) is 4.80. The number of hydrogen-bond donors (Lipinski definition) is 1. The molecule has 3 aromatic rings. The van der Waals surface area contributed by atoms with E-state index < -0.39 is 0 Å². The molecular weight excluding hydrogens is 328 g/mol. The average Bonchev–Trinajstić information content (AvgIpc) is 3.12. The van der Waals surface area contributed by atoms with Crippen LogP contribution in [-0.4, -0.2) is 36.4 Å². The number of nitrogens with zero attached hydrogens (tertiary/aromatic N) is 7. The van der Waals surface area contributed by atoms with E-state index in [1.54, 1.807) is 24.8 Å². The summed E-state index contributed by atoms with van der Waals surface area (Å²) in [7, 11) is 0. The highest BCUT2D eigenvalue weighted by atomic mass is 15.3. The van der Waals surface area contributed by atoms with Crippen LogP contribution in [0, 0.1) is 13.8 Å². The second kappa shape index (κ2) is 6.99. The molecule has 0 aliphatic carbocycles. The number of anilines is 3. The van der Waals surface area contributed by atoms with Crippen LogP contribution in [0.5, 0.6) is 0 Å². The molecule has 1 aliphatic heterocycles. The molecule has 3 aromatic heterocycles. The van der Waals surface area contributed by atoms with Crippen molar-refractivity contribution in [3.8, 4) is 0 Å². The molecule has 0 aromatic carbocycles. The molecule has 26 heavy (non-hydrogen) atoms. The zero-order valence-corrected chi connectivity index (χ0v) is 14.8. The van der Waals surface area contributed by atoms with Gasteiger partial charge in [0.2, 0.25) is 11.9 Å². The van der Waals surface area contributed by atoms with Gasteiger partial charge in [-0.05, 0) is 38.8 Å². The van der Waals surface area contributed by atoms with E-state index in [1.807, 2.05) is 26.0 Å². The number of rotatable bonds is 4. The maximum Gasteiger partial charge on any atom is 0.228 e. The van der Waals surface area contributed by atoms with Crippen LogP contribution in [0.25, 0.3) is 0 Å². The molecule has 0 amide bonds. The van der Waals surface area contributed by atoms with Crippen LogP contribution in [0.15, 0.2) is 36.9 Å². The zero-order chi connectivity index (χ0) is 17.9. The Morgan fingerprint density at radius 2 is 1.81 bits per heavy atom. The normalized spacial score (nSPS) is 16.7. The van der Waals surface area contributed by atoms with Gasteiger partial charge in [0.15, 0.2) is 5.82 Å². The first-order valence-electron chi connectivity index (χ1n) is 8.64. The van der Waals surface area contributed by atoms with Crippen LogP contribution in [0.1, 0.15) is 36.0 Å². The van der Waals surface area contributed by atoms with Crippen molar-refractivity contribution in [3.63, 3.8) is 0 Å². The van der Waals surface area contributed by atoms with Crippen molar-refractivity contribution in [3.05, 3.63) is 54.0 Å². The summed E-state index contributed by atoms with van der Waals surface area (Å²) in [5.74, 6) is 1.89. The van der Waals surface area contributed by atoms with Gasteiger partial charge in [-0.15, -0.1) is 0 Å². The Balaban J connectivity index is 1.59. The summed E-state index contributed by atoms with van der Waals surface area (Å²) in [5.41, 5.74) is 2.71. The van der Waals surface area contributed by atoms with Crippen molar-refractivity contribution in [1.82, 2.24) is 29.9 Å². The Morgan fingerprint density at radius 1 is 1.04 bits per heavy atom. The highest BCUT2D eigenvalue weighted by molar-refractivity contribution is 5.47. The molecule has 0 unspecified atom stereocenters. The summed E-state index contributed by atoms with van der Waals surface area (Å²) >= 11 is 0. The van der Waals surface area contributed by atoms with Gasteiger partial charge in [-0.2, -0.15) is 0 Å². The van der Waals surface area contributed by atoms with E-state index in [0.29, 0.717) is 11.8 Å². The Morgan fingerprint density at radius 3 is 2.58 bits per heavy atom. The van der Waals surface area contributed by atoms with Gasteiger partial charge in [-0.3, -0.25) is 4.98 Å². The summed E-state index contributed by atoms with van der Waals surface area (Å²) in [6, 6.07) is 3.87. The van der Waals surface area contributed by atoms with Crippen LogP contribution >= 0.6 is 0 Å². The predicted octanol–water partition coefficient (Wildman–Crippen LogP) is 2.76. The molecule has 132 valence electrons. The standard InChI is InChI=1S/C18H20N8/c1-12-9-13(2)23-17(22-12)25-16-11-19-10-14(24-16)15-5-3-8-26(15)18-20-6-4-7-21-18/h4,6-7,9-11,15H,3,5,8H2,1-2H3,(H,22,23,24,25)/t15-/m1/s1. The minimum Gasteiger partial charge on any atom is -0.332 e. The van der Waals surface area contributed by atoms with Gasteiger partial charge < -0.3 is 10.2 Å². The molecule has 1 aliphatic rings. The lowest BCUT2D eigenvalue weighted by Crippen LogP contribution is -2.25. The molecule has 8 heteroatoms. The Labute approximate surface area is 151 Å². The smallest absolute Gasteiger partial charge is 0.228 e. The minimum atomic E-state index is 0.117. The molecule has 4 rings (SSSR count). The quantitative estimate of drug-likeness (QED) is 0.769. The second-order valence-electron chi connectivity index (χ2n) is 6.33. The molecule has 0 radical (unpaired) electrons. The second-order valence-corrected chi connectivity index (χ2v) is 6.33. The first-order chi connectivity index (χ1) is 12.7. The van der Waals surface area contributed by atoms with Gasteiger partial charge in [-0.25, -0.2) is 24.9 Å². The lowest BCUT2D eigenvalue weighted by atomic mass is 10.1. The Hall–Kier alpha value is -3.16. The highest BCUT2D eigenvalue weighted by Crippen LogP contribution is 2.33. The SMILES string of the molecule is Cc1cc(C)nc(Nc2cncc([C@H]3CCCN3c3ncccn3)n2)n1. The van der Waals surface area contributed by atoms with Crippen molar-refractivity contribution in [2.45, 2.75) is 32.7 Å². The monoisotopic (exact) mass is 348 g/mol. The molecule has 1 saturated heterocycles. The highest BCUT2D eigenvalue weighted by Gasteiger charge is 2.29. The van der Waals surface area contributed by atoms with E-state index in [1.165, 1.54) is 0 Å². The number of aromatic nitrogens is 6.